The van der Waals surface area contributed by atoms with E-state index in [1.54, 1.807) is 5.06 Å². The van der Waals surface area contributed by atoms with E-state index in [0.717, 1.165) is 24.0 Å². The van der Waals surface area contributed by atoms with E-state index in [1.807, 2.05) is 63.2 Å². The summed E-state index contributed by atoms with van der Waals surface area (Å²) in [5, 5.41) is 8.18. The Hall–Kier alpha value is -4.53. The topological polar surface area (TPSA) is 86.9 Å². The standard InChI is InChI=1S/C37H39N3O5/c1-37(2,3)43-36(41)45-40-22-21-32(33(24-40)42-25-27-15-17-28-9-7-8-12-31(28)23-27)29-18-13-26(14-19-29)16-20-34-38-35(39-44-34)30-10-5-4-6-11-30/h4-15,17-19,23,32-33H,16,20-22,24-25H2,1-3H3. The van der Waals surface area contributed by atoms with E-state index in [9.17, 15) is 4.79 Å². The average Bonchev–Trinajstić information content (AvgIpc) is 3.52. The van der Waals surface area contributed by atoms with Gasteiger partial charge in [-0.25, -0.2) is 4.79 Å². The molecule has 5 aromatic rings. The van der Waals surface area contributed by atoms with Gasteiger partial charge in [-0.15, -0.1) is 5.06 Å². The number of carbonyl (C=O) groups excluding carboxylic acids is 1. The van der Waals surface area contributed by atoms with Crippen molar-refractivity contribution in [3.63, 3.8) is 0 Å². The van der Waals surface area contributed by atoms with Crippen LogP contribution in [0.2, 0.25) is 0 Å². The minimum atomic E-state index is -0.698. The largest absolute Gasteiger partial charge is 0.528 e. The number of aromatic nitrogens is 2. The Morgan fingerprint density at radius 2 is 1.62 bits per heavy atom. The molecule has 0 spiro atoms. The van der Waals surface area contributed by atoms with E-state index in [2.05, 4.69) is 64.7 Å². The maximum atomic E-state index is 12.4. The summed E-state index contributed by atoms with van der Waals surface area (Å²) < 4.78 is 17.5. The van der Waals surface area contributed by atoms with Crippen molar-refractivity contribution in [2.45, 2.75) is 64.3 Å². The molecule has 2 unspecified atom stereocenters. The number of rotatable bonds is 9. The predicted molar refractivity (Wildman–Crippen MR) is 172 cm³/mol. The summed E-state index contributed by atoms with van der Waals surface area (Å²) in [5.41, 5.74) is 3.80. The highest BCUT2D eigenvalue weighted by atomic mass is 16.8. The Bertz CT molecular complexity index is 1710. The lowest BCUT2D eigenvalue weighted by atomic mass is 9.87. The lowest BCUT2D eigenvalue weighted by Crippen LogP contribution is -2.45. The van der Waals surface area contributed by atoms with Crippen molar-refractivity contribution in [1.29, 1.82) is 0 Å². The van der Waals surface area contributed by atoms with Crippen LogP contribution in [0, 0.1) is 0 Å². The van der Waals surface area contributed by atoms with E-state index in [1.165, 1.54) is 21.9 Å². The number of hydrogen-bond donors (Lipinski definition) is 0. The first-order chi connectivity index (χ1) is 21.8. The first-order valence-electron chi connectivity index (χ1n) is 15.5. The summed E-state index contributed by atoms with van der Waals surface area (Å²) in [5.74, 6) is 1.37. The fourth-order valence-corrected chi connectivity index (χ4v) is 5.67. The van der Waals surface area contributed by atoms with Crippen molar-refractivity contribution in [3.8, 4) is 11.4 Å². The number of fused-ring (bicyclic) bond motifs is 1. The number of hydroxylamine groups is 2. The van der Waals surface area contributed by atoms with Crippen LogP contribution < -0.4 is 0 Å². The third-order valence-electron chi connectivity index (χ3n) is 7.93. The molecule has 0 N–H and O–H groups in total. The molecule has 8 nitrogen and oxygen atoms in total. The maximum Gasteiger partial charge on any atom is 0.528 e. The summed E-state index contributed by atoms with van der Waals surface area (Å²) in [4.78, 5) is 22.6. The van der Waals surface area contributed by atoms with Crippen LogP contribution in [0.4, 0.5) is 4.79 Å². The molecular weight excluding hydrogens is 566 g/mol. The lowest BCUT2D eigenvalue weighted by molar-refractivity contribution is -0.179. The molecule has 2 heterocycles. The summed E-state index contributed by atoms with van der Waals surface area (Å²) in [6.45, 7) is 6.96. The average molecular weight is 606 g/mol. The summed E-state index contributed by atoms with van der Waals surface area (Å²) in [6, 6.07) is 33.2. The number of carbonyl (C=O) groups is 1. The van der Waals surface area contributed by atoms with Crippen LogP contribution in [-0.2, 0) is 33.8 Å². The second-order valence-corrected chi connectivity index (χ2v) is 12.5. The number of piperidine rings is 1. The highest BCUT2D eigenvalue weighted by molar-refractivity contribution is 5.82. The Kier molecular flexibility index (Phi) is 9.23. The van der Waals surface area contributed by atoms with Crippen molar-refractivity contribution >= 4 is 16.9 Å². The van der Waals surface area contributed by atoms with Crippen molar-refractivity contribution in [3.05, 3.63) is 120 Å². The van der Waals surface area contributed by atoms with Gasteiger partial charge in [-0.3, -0.25) is 0 Å². The lowest BCUT2D eigenvalue weighted by Gasteiger charge is -2.37. The maximum absolute atomic E-state index is 12.4. The van der Waals surface area contributed by atoms with Crippen molar-refractivity contribution in [1.82, 2.24) is 15.2 Å². The van der Waals surface area contributed by atoms with Gasteiger partial charge >= 0.3 is 6.16 Å². The van der Waals surface area contributed by atoms with Crippen molar-refractivity contribution in [2.24, 2.45) is 0 Å². The summed E-state index contributed by atoms with van der Waals surface area (Å²) in [6.07, 6.45) is 1.34. The van der Waals surface area contributed by atoms with Crippen LogP contribution in [0.25, 0.3) is 22.2 Å². The molecule has 45 heavy (non-hydrogen) atoms. The molecule has 1 saturated heterocycles. The predicted octanol–water partition coefficient (Wildman–Crippen LogP) is 7.92. The van der Waals surface area contributed by atoms with Crippen molar-refractivity contribution < 1.29 is 23.6 Å². The molecular formula is C37H39N3O5. The molecule has 1 aliphatic rings. The highest BCUT2D eigenvalue weighted by Crippen LogP contribution is 2.32. The van der Waals surface area contributed by atoms with Crippen molar-refractivity contribution in [2.75, 3.05) is 13.1 Å². The molecule has 0 bridgehead atoms. The van der Waals surface area contributed by atoms with Crippen LogP contribution >= 0.6 is 0 Å². The molecule has 0 saturated carbocycles. The highest BCUT2D eigenvalue weighted by Gasteiger charge is 2.34. The molecule has 0 radical (unpaired) electrons. The first-order valence-corrected chi connectivity index (χ1v) is 15.5. The van der Waals surface area contributed by atoms with Gasteiger partial charge in [-0.1, -0.05) is 96.2 Å². The van der Waals surface area contributed by atoms with Gasteiger partial charge in [0.2, 0.25) is 11.7 Å². The van der Waals surface area contributed by atoms with Gasteiger partial charge in [-0.05, 0) is 67.1 Å². The number of hydrogen-bond acceptors (Lipinski definition) is 8. The Labute approximate surface area is 263 Å². The third-order valence-corrected chi connectivity index (χ3v) is 7.93. The second kappa shape index (κ2) is 13.6. The Morgan fingerprint density at radius 1 is 0.889 bits per heavy atom. The van der Waals surface area contributed by atoms with E-state index < -0.39 is 11.8 Å². The minimum Gasteiger partial charge on any atom is -0.427 e. The molecule has 1 aliphatic heterocycles. The van der Waals surface area contributed by atoms with E-state index in [0.29, 0.717) is 37.8 Å². The molecule has 1 aromatic heterocycles. The van der Waals surface area contributed by atoms with Gasteiger partial charge in [0.1, 0.15) is 5.60 Å². The van der Waals surface area contributed by atoms with Crippen LogP contribution in [0.3, 0.4) is 0 Å². The zero-order valence-corrected chi connectivity index (χ0v) is 26.0. The van der Waals surface area contributed by atoms with Crippen LogP contribution in [-0.4, -0.2) is 46.2 Å². The zero-order valence-electron chi connectivity index (χ0n) is 26.0. The van der Waals surface area contributed by atoms with Crippen LogP contribution in [0.1, 0.15) is 55.7 Å². The van der Waals surface area contributed by atoms with Gasteiger partial charge in [0.15, 0.2) is 0 Å². The molecule has 232 valence electrons. The van der Waals surface area contributed by atoms with Gasteiger partial charge in [0.05, 0.1) is 19.3 Å². The molecule has 8 heteroatoms. The monoisotopic (exact) mass is 605 g/mol. The van der Waals surface area contributed by atoms with Gasteiger partial charge in [0.25, 0.3) is 0 Å². The number of nitrogens with zero attached hydrogens (tertiary/aromatic N) is 3. The normalized spacial score (nSPS) is 17.3. The molecule has 2 atom stereocenters. The van der Waals surface area contributed by atoms with E-state index in [-0.39, 0.29) is 12.0 Å². The summed E-state index contributed by atoms with van der Waals surface area (Å²) >= 11 is 0. The van der Waals surface area contributed by atoms with E-state index >= 15 is 0 Å². The second-order valence-electron chi connectivity index (χ2n) is 12.5. The number of ether oxygens (including phenoxy) is 2. The van der Waals surface area contributed by atoms with Crippen LogP contribution in [0.5, 0.6) is 0 Å². The van der Waals surface area contributed by atoms with E-state index in [4.69, 9.17) is 18.8 Å². The zero-order chi connectivity index (χ0) is 31.2. The number of benzene rings is 4. The van der Waals surface area contributed by atoms with Gasteiger partial charge in [0, 0.05) is 24.4 Å². The Morgan fingerprint density at radius 3 is 2.40 bits per heavy atom. The molecule has 4 aromatic carbocycles. The van der Waals surface area contributed by atoms with Gasteiger partial charge < -0.3 is 18.8 Å². The fourth-order valence-electron chi connectivity index (χ4n) is 5.67. The van der Waals surface area contributed by atoms with Crippen LogP contribution in [0.15, 0.2) is 102 Å². The molecule has 1 fully saturated rings. The molecule has 0 aliphatic carbocycles. The third kappa shape index (κ3) is 8.15. The summed E-state index contributed by atoms with van der Waals surface area (Å²) in [7, 11) is 0. The first kappa shape index (κ1) is 30.5. The fraction of sp³-hybridized carbons (Fsp3) is 0.324. The Balaban J connectivity index is 1.12. The van der Waals surface area contributed by atoms with Gasteiger partial charge in [-0.2, -0.15) is 4.98 Å². The SMILES string of the molecule is CC(C)(C)OC(=O)ON1CCC(c2ccc(CCc3nc(-c4ccccc4)no3)cc2)C(OCc2ccc3ccccc3c2)C1. The quantitative estimate of drug-likeness (QED) is 0.157. The smallest absolute Gasteiger partial charge is 0.427 e. The minimum absolute atomic E-state index is 0.141. The molecule has 6 rings (SSSR count). The number of aryl methyl sites for hydroxylation is 2. The molecule has 0 amide bonds.